The van der Waals surface area contributed by atoms with Gasteiger partial charge in [-0.05, 0) is 24.8 Å². The van der Waals surface area contributed by atoms with Gasteiger partial charge in [-0.3, -0.25) is 0 Å². The van der Waals surface area contributed by atoms with Crippen molar-refractivity contribution in [1.82, 2.24) is 24.7 Å². The van der Waals surface area contributed by atoms with E-state index in [1.165, 1.54) is 12.8 Å². The van der Waals surface area contributed by atoms with Gasteiger partial charge < -0.3 is 10.6 Å². The topological polar surface area (TPSA) is 85.8 Å². The molecule has 106 valence electrons. The predicted molar refractivity (Wildman–Crippen MR) is 76.9 cm³/mol. The minimum Gasteiger partial charge on any atom is -0.368 e. The highest BCUT2D eigenvalue weighted by atomic mass is 15.4. The molecule has 2 N–H and O–H groups in total. The molecule has 1 saturated heterocycles. The smallest absolute Gasteiger partial charge is 0.257 e. The Kier molecular flexibility index (Phi) is 3.25. The Balaban J connectivity index is 1.95. The Bertz CT molecular complexity index is 599. The average Bonchev–Trinajstić information content (AvgIpc) is 3.10. The standard InChI is InChI=1S/C13H19N7/c1-9(2)10-5-8-20(18-10)13-16-11(14)15-12(17-13)19-6-3-4-7-19/h5,8-9H,3-4,6-7H2,1-2H3,(H2,14,15,16,17). The monoisotopic (exact) mass is 273 g/mol. The zero-order valence-corrected chi connectivity index (χ0v) is 11.8. The van der Waals surface area contributed by atoms with Crippen LogP contribution in [0, 0.1) is 0 Å². The molecule has 0 aliphatic carbocycles. The molecule has 0 bridgehead atoms. The van der Waals surface area contributed by atoms with Crippen molar-refractivity contribution in [3.8, 4) is 5.95 Å². The minimum atomic E-state index is 0.235. The molecule has 0 unspecified atom stereocenters. The highest BCUT2D eigenvalue weighted by Gasteiger charge is 2.17. The Labute approximate surface area is 117 Å². The maximum Gasteiger partial charge on any atom is 0.257 e. The summed E-state index contributed by atoms with van der Waals surface area (Å²) in [6.45, 7) is 6.15. The van der Waals surface area contributed by atoms with E-state index in [1.807, 2.05) is 12.3 Å². The first-order chi connectivity index (χ1) is 9.63. The van der Waals surface area contributed by atoms with E-state index in [9.17, 15) is 0 Å². The molecule has 0 radical (unpaired) electrons. The fourth-order valence-electron chi connectivity index (χ4n) is 2.29. The summed E-state index contributed by atoms with van der Waals surface area (Å²) in [6, 6.07) is 1.97. The van der Waals surface area contributed by atoms with Crippen molar-refractivity contribution >= 4 is 11.9 Å². The van der Waals surface area contributed by atoms with Crippen LogP contribution in [0.5, 0.6) is 0 Å². The predicted octanol–water partition coefficient (Wildman–Crippen LogP) is 1.36. The molecule has 1 aliphatic heterocycles. The molecule has 1 aliphatic rings. The fraction of sp³-hybridized carbons (Fsp3) is 0.538. The van der Waals surface area contributed by atoms with Crippen molar-refractivity contribution in [2.24, 2.45) is 0 Å². The minimum absolute atomic E-state index is 0.235. The van der Waals surface area contributed by atoms with Crippen LogP contribution in [0.4, 0.5) is 11.9 Å². The molecule has 0 spiro atoms. The van der Waals surface area contributed by atoms with E-state index in [0.717, 1.165) is 18.8 Å². The van der Waals surface area contributed by atoms with E-state index in [-0.39, 0.29) is 5.95 Å². The van der Waals surface area contributed by atoms with E-state index in [0.29, 0.717) is 17.8 Å². The van der Waals surface area contributed by atoms with Crippen LogP contribution in [0.25, 0.3) is 5.95 Å². The summed E-state index contributed by atoms with van der Waals surface area (Å²) in [6.07, 6.45) is 4.19. The summed E-state index contributed by atoms with van der Waals surface area (Å²) in [4.78, 5) is 15.0. The molecule has 3 rings (SSSR count). The van der Waals surface area contributed by atoms with Crippen molar-refractivity contribution < 1.29 is 0 Å². The van der Waals surface area contributed by atoms with Gasteiger partial charge >= 0.3 is 0 Å². The van der Waals surface area contributed by atoms with Gasteiger partial charge in [0.15, 0.2) is 0 Å². The summed E-state index contributed by atoms with van der Waals surface area (Å²) in [5, 5.41) is 4.48. The molecule has 7 heteroatoms. The molecule has 0 atom stereocenters. The number of hydrogen-bond donors (Lipinski definition) is 1. The number of aromatic nitrogens is 5. The summed E-state index contributed by atoms with van der Waals surface area (Å²) in [5.74, 6) is 1.73. The fourth-order valence-corrected chi connectivity index (χ4v) is 2.29. The van der Waals surface area contributed by atoms with E-state index in [2.05, 4.69) is 38.8 Å². The van der Waals surface area contributed by atoms with Crippen molar-refractivity contribution in [3.63, 3.8) is 0 Å². The number of anilines is 2. The Morgan fingerprint density at radius 3 is 2.45 bits per heavy atom. The molecule has 2 aromatic rings. The Hall–Kier alpha value is -2.18. The van der Waals surface area contributed by atoms with E-state index in [4.69, 9.17) is 5.73 Å². The largest absolute Gasteiger partial charge is 0.368 e. The lowest BCUT2D eigenvalue weighted by Crippen LogP contribution is -2.22. The molecular weight excluding hydrogens is 254 g/mol. The molecular formula is C13H19N7. The van der Waals surface area contributed by atoms with Crippen LogP contribution in [0.3, 0.4) is 0 Å². The third-order valence-electron chi connectivity index (χ3n) is 3.42. The highest BCUT2D eigenvalue weighted by Crippen LogP contribution is 2.18. The second kappa shape index (κ2) is 5.07. The molecule has 20 heavy (non-hydrogen) atoms. The summed E-state index contributed by atoms with van der Waals surface area (Å²) >= 11 is 0. The first kappa shape index (κ1) is 12.8. The second-order valence-electron chi connectivity index (χ2n) is 5.33. The summed E-state index contributed by atoms with van der Waals surface area (Å²) in [5.41, 5.74) is 6.81. The van der Waals surface area contributed by atoms with Gasteiger partial charge in [0, 0.05) is 19.3 Å². The molecule has 0 aromatic carbocycles. The van der Waals surface area contributed by atoms with E-state index >= 15 is 0 Å². The number of hydrogen-bond acceptors (Lipinski definition) is 6. The third-order valence-corrected chi connectivity index (χ3v) is 3.42. The molecule has 7 nitrogen and oxygen atoms in total. The molecule has 1 fully saturated rings. The van der Waals surface area contributed by atoms with Crippen LogP contribution in [0.15, 0.2) is 12.3 Å². The maximum absolute atomic E-state index is 5.80. The van der Waals surface area contributed by atoms with E-state index < -0.39 is 0 Å². The maximum atomic E-state index is 5.80. The average molecular weight is 273 g/mol. The second-order valence-corrected chi connectivity index (χ2v) is 5.33. The number of nitrogens with zero attached hydrogens (tertiary/aromatic N) is 6. The van der Waals surface area contributed by atoms with E-state index in [1.54, 1.807) is 4.68 Å². The van der Waals surface area contributed by atoms with Crippen molar-refractivity contribution in [2.75, 3.05) is 23.7 Å². The number of nitrogen functional groups attached to an aromatic ring is 1. The van der Waals surface area contributed by atoms with Gasteiger partial charge in [-0.2, -0.15) is 20.1 Å². The lowest BCUT2D eigenvalue weighted by Gasteiger charge is -2.15. The first-order valence-electron chi connectivity index (χ1n) is 6.96. The highest BCUT2D eigenvalue weighted by molar-refractivity contribution is 5.38. The van der Waals surface area contributed by atoms with Crippen LogP contribution in [0.1, 0.15) is 38.3 Å². The lowest BCUT2D eigenvalue weighted by atomic mass is 10.1. The summed E-state index contributed by atoms with van der Waals surface area (Å²) < 4.78 is 1.66. The van der Waals surface area contributed by atoms with Gasteiger partial charge in [0.2, 0.25) is 11.9 Å². The summed E-state index contributed by atoms with van der Waals surface area (Å²) in [7, 11) is 0. The van der Waals surface area contributed by atoms with Crippen LogP contribution in [-0.4, -0.2) is 37.8 Å². The van der Waals surface area contributed by atoms with Crippen LogP contribution in [0.2, 0.25) is 0 Å². The first-order valence-corrected chi connectivity index (χ1v) is 6.96. The Morgan fingerprint density at radius 2 is 1.80 bits per heavy atom. The van der Waals surface area contributed by atoms with Crippen LogP contribution < -0.4 is 10.6 Å². The van der Waals surface area contributed by atoms with Crippen molar-refractivity contribution in [2.45, 2.75) is 32.6 Å². The third kappa shape index (κ3) is 2.43. The lowest BCUT2D eigenvalue weighted by molar-refractivity contribution is 0.734. The van der Waals surface area contributed by atoms with Gasteiger partial charge in [-0.15, -0.1) is 0 Å². The van der Waals surface area contributed by atoms with Gasteiger partial charge in [0.25, 0.3) is 5.95 Å². The zero-order valence-electron chi connectivity index (χ0n) is 11.8. The van der Waals surface area contributed by atoms with Crippen molar-refractivity contribution in [3.05, 3.63) is 18.0 Å². The van der Waals surface area contributed by atoms with Gasteiger partial charge in [-0.25, -0.2) is 4.68 Å². The van der Waals surface area contributed by atoms with Crippen LogP contribution in [-0.2, 0) is 0 Å². The van der Waals surface area contributed by atoms with Crippen molar-refractivity contribution in [1.29, 1.82) is 0 Å². The number of rotatable bonds is 3. The number of nitrogens with two attached hydrogens (primary N) is 1. The normalized spacial score (nSPS) is 15.2. The quantitative estimate of drug-likeness (QED) is 0.908. The Morgan fingerprint density at radius 1 is 1.10 bits per heavy atom. The zero-order chi connectivity index (χ0) is 14.1. The molecule has 0 amide bonds. The molecule has 0 saturated carbocycles. The molecule has 3 heterocycles. The van der Waals surface area contributed by atoms with Crippen LogP contribution >= 0.6 is 0 Å². The van der Waals surface area contributed by atoms with Gasteiger partial charge in [0.1, 0.15) is 0 Å². The SMILES string of the molecule is CC(C)c1ccn(-c2nc(N)nc(N3CCCC3)n2)n1. The molecule has 2 aromatic heterocycles. The van der Waals surface area contributed by atoms with Gasteiger partial charge in [0.05, 0.1) is 5.69 Å². The van der Waals surface area contributed by atoms with Gasteiger partial charge in [-0.1, -0.05) is 13.8 Å².